The van der Waals surface area contributed by atoms with Crippen LogP contribution in [0.1, 0.15) is 11.4 Å². The van der Waals surface area contributed by atoms with Crippen LogP contribution in [0, 0.1) is 0 Å². The predicted octanol–water partition coefficient (Wildman–Crippen LogP) is 2.33. The first kappa shape index (κ1) is 20.9. The van der Waals surface area contributed by atoms with Gasteiger partial charge in [-0.1, -0.05) is 12.1 Å². The SMILES string of the molecule is O=S(=O)(c1cccnc1)N1CCOC2(CN(Cc3nc4ccccc4s3)CCCO2)C1. The number of fused-ring (bicyclic) bond motifs is 1. The third-order valence-corrected chi connectivity index (χ3v) is 8.39. The lowest BCUT2D eigenvalue weighted by Crippen LogP contribution is -2.59. The van der Waals surface area contributed by atoms with Gasteiger partial charge in [-0.2, -0.15) is 4.31 Å². The van der Waals surface area contributed by atoms with Gasteiger partial charge in [0.1, 0.15) is 9.90 Å². The summed E-state index contributed by atoms with van der Waals surface area (Å²) < 4.78 is 41.1. The van der Waals surface area contributed by atoms with E-state index in [-0.39, 0.29) is 18.0 Å². The Bertz CT molecular complexity index is 1120. The summed E-state index contributed by atoms with van der Waals surface area (Å²) >= 11 is 1.69. The highest BCUT2D eigenvalue weighted by Gasteiger charge is 2.44. The van der Waals surface area contributed by atoms with E-state index in [2.05, 4.69) is 16.0 Å². The molecule has 8 nitrogen and oxygen atoms in total. The number of benzene rings is 1. The highest BCUT2D eigenvalue weighted by molar-refractivity contribution is 7.89. The molecule has 0 N–H and O–H groups in total. The monoisotopic (exact) mass is 460 g/mol. The van der Waals surface area contributed by atoms with Crippen molar-refractivity contribution in [2.75, 3.05) is 39.4 Å². The summed E-state index contributed by atoms with van der Waals surface area (Å²) in [7, 11) is -3.66. The van der Waals surface area contributed by atoms with Crippen molar-refractivity contribution in [2.24, 2.45) is 0 Å². The fourth-order valence-corrected chi connectivity index (χ4v) is 6.52. The van der Waals surface area contributed by atoms with Gasteiger partial charge in [0, 0.05) is 25.5 Å². The van der Waals surface area contributed by atoms with Crippen LogP contribution in [0.4, 0.5) is 0 Å². The normalized spacial score (nSPS) is 23.9. The Morgan fingerprint density at radius 2 is 1.94 bits per heavy atom. The summed E-state index contributed by atoms with van der Waals surface area (Å²) in [5, 5.41) is 1.04. The second-order valence-corrected chi connectivity index (χ2v) is 10.8. The average molecular weight is 461 g/mol. The molecule has 0 amide bonds. The minimum atomic E-state index is -3.66. The van der Waals surface area contributed by atoms with Crippen LogP contribution in [0.2, 0.25) is 0 Å². The van der Waals surface area contributed by atoms with E-state index in [0.717, 1.165) is 23.5 Å². The molecule has 4 heterocycles. The quantitative estimate of drug-likeness (QED) is 0.591. The van der Waals surface area contributed by atoms with Crippen LogP contribution in [0.3, 0.4) is 0 Å². The van der Waals surface area contributed by atoms with Gasteiger partial charge in [0.25, 0.3) is 0 Å². The summed E-state index contributed by atoms with van der Waals surface area (Å²) in [5.41, 5.74) is 1.01. The zero-order chi connectivity index (χ0) is 21.3. The predicted molar refractivity (Wildman–Crippen MR) is 117 cm³/mol. The number of nitrogens with zero attached hydrogens (tertiary/aromatic N) is 4. The molecule has 1 atom stereocenters. The number of hydrogen-bond donors (Lipinski definition) is 0. The van der Waals surface area contributed by atoms with Crippen molar-refractivity contribution < 1.29 is 17.9 Å². The molecule has 10 heteroatoms. The van der Waals surface area contributed by atoms with Crippen LogP contribution in [0.15, 0.2) is 53.7 Å². The molecule has 2 aliphatic heterocycles. The van der Waals surface area contributed by atoms with E-state index >= 15 is 0 Å². The third kappa shape index (κ3) is 4.36. The van der Waals surface area contributed by atoms with Crippen LogP contribution in [-0.4, -0.2) is 72.8 Å². The summed E-state index contributed by atoms with van der Waals surface area (Å²) in [6, 6.07) is 11.3. The van der Waals surface area contributed by atoms with Crippen molar-refractivity contribution in [2.45, 2.75) is 23.6 Å². The van der Waals surface area contributed by atoms with E-state index < -0.39 is 15.8 Å². The number of pyridine rings is 1. The Labute approximate surface area is 185 Å². The van der Waals surface area contributed by atoms with Crippen LogP contribution >= 0.6 is 11.3 Å². The molecule has 1 aromatic carbocycles. The molecule has 1 unspecified atom stereocenters. The minimum Gasteiger partial charge on any atom is -0.347 e. The average Bonchev–Trinajstić information content (AvgIpc) is 3.10. The molecule has 2 aliphatic rings. The Morgan fingerprint density at radius 3 is 2.77 bits per heavy atom. The van der Waals surface area contributed by atoms with E-state index in [1.807, 2.05) is 18.2 Å². The van der Waals surface area contributed by atoms with Gasteiger partial charge in [0.15, 0.2) is 5.79 Å². The number of rotatable bonds is 4. The van der Waals surface area contributed by atoms with Crippen molar-refractivity contribution in [1.29, 1.82) is 0 Å². The number of morpholine rings is 1. The zero-order valence-corrected chi connectivity index (χ0v) is 18.6. The topological polar surface area (TPSA) is 84.9 Å². The van der Waals surface area contributed by atoms with Crippen LogP contribution in [-0.2, 0) is 26.0 Å². The maximum atomic E-state index is 13.1. The second kappa shape index (κ2) is 8.53. The summed E-state index contributed by atoms with van der Waals surface area (Å²) in [5.74, 6) is -0.985. The summed E-state index contributed by atoms with van der Waals surface area (Å²) in [6.45, 7) is 3.27. The summed E-state index contributed by atoms with van der Waals surface area (Å²) in [6.07, 6.45) is 3.80. The lowest BCUT2D eigenvalue weighted by atomic mass is 10.2. The molecular formula is C21H24N4O4S2. The van der Waals surface area contributed by atoms with Crippen LogP contribution in [0.25, 0.3) is 10.2 Å². The van der Waals surface area contributed by atoms with Crippen molar-refractivity contribution in [3.63, 3.8) is 0 Å². The first-order valence-electron chi connectivity index (χ1n) is 10.3. The van der Waals surface area contributed by atoms with Gasteiger partial charge in [-0.3, -0.25) is 9.88 Å². The van der Waals surface area contributed by atoms with Gasteiger partial charge < -0.3 is 9.47 Å². The first-order chi connectivity index (χ1) is 15.0. The molecule has 2 saturated heterocycles. The third-order valence-electron chi connectivity index (χ3n) is 5.54. The molecule has 1 spiro atoms. The number of hydrogen-bond acceptors (Lipinski definition) is 8. The van der Waals surface area contributed by atoms with Crippen molar-refractivity contribution >= 4 is 31.6 Å². The Kier molecular flexibility index (Phi) is 5.76. The molecule has 5 rings (SSSR count). The van der Waals surface area contributed by atoms with E-state index in [0.29, 0.717) is 26.2 Å². The molecule has 2 fully saturated rings. The Morgan fingerprint density at radius 1 is 1.06 bits per heavy atom. The molecule has 0 bridgehead atoms. The molecular weight excluding hydrogens is 436 g/mol. The molecule has 0 radical (unpaired) electrons. The molecule has 2 aromatic heterocycles. The van der Waals surface area contributed by atoms with Gasteiger partial charge in [0.05, 0.1) is 43.1 Å². The Balaban J connectivity index is 1.35. The van der Waals surface area contributed by atoms with Gasteiger partial charge in [0.2, 0.25) is 10.0 Å². The van der Waals surface area contributed by atoms with Crippen LogP contribution < -0.4 is 0 Å². The summed E-state index contributed by atoms with van der Waals surface area (Å²) in [4.78, 5) is 11.1. The highest BCUT2D eigenvalue weighted by Crippen LogP contribution is 2.29. The lowest BCUT2D eigenvalue weighted by molar-refractivity contribution is -0.257. The van der Waals surface area contributed by atoms with Gasteiger partial charge in [-0.25, -0.2) is 13.4 Å². The van der Waals surface area contributed by atoms with Gasteiger partial charge in [-0.15, -0.1) is 11.3 Å². The molecule has 3 aromatic rings. The van der Waals surface area contributed by atoms with E-state index in [4.69, 9.17) is 14.5 Å². The fraction of sp³-hybridized carbons (Fsp3) is 0.429. The van der Waals surface area contributed by atoms with E-state index in [1.165, 1.54) is 15.2 Å². The molecule has 31 heavy (non-hydrogen) atoms. The first-order valence-corrected chi connectivity index (χ1v) is 12.5. The standard InChI is InChI=1S/C21H24N4O4S2/c26-31(27,17-5-3-8-22-13-17)25-10-12-29-21(16-25)15-24(9-4-11-28-21)14-20-23-18-6-1-2-7-19(18)30-20/h1-3,5-8,13H,4,9-12,14-16H2. The maximum absolute atomic E-state index is 13.1. The molecule has 0 aliphatic carbocycles. The Hall–Kier alpha value is -1.95. The minimum absolute atomic E-state index is 0.153. The lowest BCUT2D eigenvalue weighted by Gasteiger charge is -2.42. The van der Waals surface area contributed by atoms with Crippen molar-refractivity contribution in [1.82, 2.24) is 19.2 Å². The largest absolute Gasteiger partial charge is 0.347 e. The maximum Gasteiger partial charge on any atom is 0.244 e. The number of aromatic nitrogens is 2. The number of thiazole rings is 1. The van der Waals surface area contributed by atoms with Crippen molar-refractivity contribution in [3.05, 3.63) is 53.8 Å². The highest BCUT2D eigenvalue weighted by atomic mass is 32.2. The number of para-hydroxylation sites is 1. The fourth-order valence-electron chi connectivity index (χ4n) is 4.09. The van der Waals surface area contributed by atoms with E-state index in [1.54, 1.807) is 29.7 Å². The van der Waals surface area contributed by atoms with Crippen molar-refractivity contribution in [3.8, 4) is 0 Å². The second-order valence-electron chi connectivity index (χ2n) is 7.77. The smallest absolute Gasteiger partial charge is 0.244 e. The number of ether oxygens (including phenoxy) is 2. The van der Waals surface area contributed by atoms with Gasteiger partial charge in [-0.05, 0) is 30.7 Å². The molecule has 164 valence electrons. The van der Waals surface area contributed by atoms with E-state index in [9.17, 15) is 8.42 Å². The number of sulfonamides is 1. The van der Waals surface area contributed by atoms with Crippen LogP contribution in [0.5, 0.6) is 0 Å². The van der Waals surface area contributed by atoms with Gasteiger partial charge >= 0.3 is 0 Å². The molecule has 0 saturated carbocycles. The zero-order valence-electron chi connectivity index (χ0n) is 17.0.